The maximum Gasteiger partial charge on any atom is 0.396 e. The number of nitrogens with two attached hydrogens (primary N) is 1. The van der Waals surface area contributed by atoms with Crippen LogP contribution in [-0.4, -0.2) is 64.4 Å². The van der Waals surface area contributed by atoms with Crippen LogP contribution in [0.25, 0.3) is 16.7 Å². The minimum Gasteiger partial charge on any atom is -0.365 e. The molecule has 4 N–H and O–H groups in total. The van der Waals surface area contributed by atoms with Crippen LogP contribution in [0.2, 0.25) is 0 Å². The van der Waals surface area contributed by atoms with Gasteiger partial charge < -0.3 is 15.5 Å². The number of rotatable bonds is 6. The second-order valence-electron chi connectivity index (χ2n) is 10.6. The lowest BCUT2D eigenvalue weighted by atomic mass is 10.1. The van der Waals surface area contributed by atoms with E-state index in [1.807, 2.05) is 35.2 Å². The van der Waals surface area contributed by atoms with Gasteiger partial charge in [-0.3, -0.25) is 19.0 Å². The highest BCUT2D eigenvalue weighted by Gasteiger charge is 2.22. The number of H-pyrrole nitrogens is 1. The van der Waals surface area contributed by atoms with Crippen LogP contribution in [0, 0.1) is 0 Å². The molecule has 6 rings (SSSR count). The zero-order valence-corrected chi connectivity index (χ0v) is 22.4. The van der Waals surface area contributed by atoms with E-state index in [0.717, 1.165) is 62.4 Å². The van der Waals surface area contributed by atoms with E-state index in [2.05, 4.69) is 34.4 Å². The molecule has 0 saturated carbocycles. The number of carbonyl (C=O) groups excluding carboxylic acids is 2. The van der Waals surface area contributed by atoms with Crippen LogP contribution in [-0.2, 0) is 24.1 Å². The molecule has 40 heavy (non-hydrogen) atoms. The van der Waals surface area contributed by atoms with Crippen molar-refractivity contribution < 1.29 is 14.6 Å². The standard InChI is InChI=1S/C30H31N7O3/c1-35-11-13-36(14-12-35)26(38)15-19-5-8-22(9-6-19)33-30-32-17-24-27(39)25(28(31)40)18-37(29(24)34-30)23-10-7-20-3-2-4-21(20)16-23/h5-10,16-18H,2-4,11-15H2,1H3,(H2,31,40)(H,32,33,34)/p+1. The summed E-state index contributed by atoms with van der Waals surface area (Å²) in [5.74, 6) is -0.219. The molecule has 1 aliphatic carbocycles. The van der Waals surface area contributed by atoms with Gasteiger partial charge in [0.1, 0.15) is 10.9 Å². The lowest BCUT2D eigenvalue weighted by Crippen LogP contribution is -2.47. The van der Waals surface area contributed by atoms with Gasteiger partial charge in [0.2, 0.25) is 17.0 Å². The van der Waals surface area contributed by atoms with Crippen molar-refractivity contribution in [2.45, 2.75) is 25.7 Å². The number of aromatic amines is 1. The van der Waals surface area contributed by atoms with Crippen molar-refractivity contribution in [2.75, 3.05) is 38.5 Å². The lowest BCUT2D eigenvalue weighted by molar-refractivity contribution is -0.362. The van der Waals surface area contributed by atoms with Crippen molar-refractivity contribution in [3.63, 3.8) is 0 Å². The average molecular weight is 539 g/mol. The van der Waals surface area contributed by atoms with E-state index >= 15 is 0 Å². The van der Waals surface area contributed by atoms with Crippen LogP contribution >= 0.6 is 0 Å². The number of amides is 2. The first-order chi connectivity index (χ1) is 19.4. The normalized spacial score (nSPS) is 15.3. The van der Waals surface area contributed by atoms with E-state index < -0.39 is 11.3 Å². The van der Waals surface area contributed by atoms with Crippen LogP contribution in [0.15, 0.2) is 59.7 Å². The largest absolute Gasteiger partial charge is 0.396 e. The van der Waals surface area contributed by atoms with Gasteiger partial charge in [0.05, 0.1) is 18.3 Å². The zero-order valence-electron chi connectivity index (χ0n) is 22.4. The van der Waals surface area contributed by atoms with Crippen molar-refractivity contribution in [3.05, 3.63) is 87.3 Å². The highest BCUT2D eigenvalue weighted by Crippen LogP contribution is 2.26. The Labute approximate surface area is 231 Å². The van der Waals surface area contributed by atoms with Gasteiger partial charge in [-0.1, -0.05) is 23.2 Å². The molecule has 2 amide bonds. The summed E-state index contributed by atoms with van der Waals surface area (Å²) < 4.78 is 1.75. The predicted molar refractivity (Wildman–Crippen MR) is 152 cm³/mol. The number of nitrogens with zero attached hydrogens (tertiary/aromatic N) is 4. The highest BCUT2D eigenvalue weighted by atomic mass is 16.2. The van der Waals surface area contributed by atoms with Crippen LogP contribution < -0.4 is 21.5 Å². The first-order valence-corrected chi connectivity index (χ1v) is 13.6. The molecule has 2 aliphatic rings. The molecular weight excluding hydrogens is 506 g/mol. The molecule has 2 aromatic heterocycles. The average Bonchev–Trinajstić information content (AvgIpc) is 3.42. The summed E-state index contributed by atoms with van der Waals surface area (Å²) in [5, 5.41) is 3.51. The molecule has 0 atom stereocenters. The summed E-state index contributed by atoms with van der Waals surface area (Å²) in [6.45, 7) is 3.31. The lowest BCUT2D eigenvalue weighted by Gasteiger charge is -2.32. The van der Waals surface area contributed by atoms with Crippen molar-refractivity contribution in [3.8, 4) is 5.69 Å². The molecule has 10 heteroatoms. The number of benzene rings is 2. The number of pyridine rings is 1. The Bertz CT molecular complexity index is 1670. The van der Waals surface area contributed by atoms with E-state index in [1.165, 1.54) is 17.3 Å². The summed E-state index contributed by atoms with van der Waals surface area (Å²) >= 11 is 0. The van der Waals surface area contributed by atoms with E-state index in [1.54, 1.807) is 10.8 Å². The molecule has 0 radical (unpaired) electrons. The van der Waals surface area contributed by atoms with Gasteiger partial charge in [-0.05, 0) is 67.3 Å². The maximum absolute atomic E-state index is 13.0. The second-order valence-corrected chi connectivity index (χ2v) is 10.6. The summed E-state index contributed by atoms with van der Waals surface area (Å²) in [4.78, 5) is 49.7. The summed E-state index contributed by atoms with van der Waals surface area (Å²) in [7, 11) is 2.07. The van der Waals surface area contributed by atoms with Gasteiger partial charge in [0.15, 0.2) is 0 Å². The van der Waals surface area contributed by atoms with Gasteiger partial charge >= 0.3 is 5.95 Å². The summed E-state index contributed by atoms with van der Waals surface area (Å²) in [6, 6.07) is 13.8. The van der Waals surface area contributed by atoms with Gasteiger partial charge in [-0.25, -0.2) is 10.3 Å². The first-order valence-electron chi connectivity index (χ1n) is 13.6. The SMILES string of the molecule is CN1CCN(C(=O)Cc2ccc(Nc3nc4c(c[nH+]3)c(=O)c(C(N)=O)cn4-c3ccc4c(c3)CCC4)cc2)CC1. The fourth-order valence-electron chi connectivity index (χ4n) is 5.48. The fourth-order valence-corrected chi connectivity index (χ4v) is 5.48. The van der Waals surface area contributed by atoms with Crippen molar-refractivity contribution >= 4 is 34.5 Å². The van der Waals surface area contributed by atoms with E-state index in [0.29, 0.717) is 18.0 Å². The van der Waals surface area contributed by atoms with E-state index in [-0.39, 0.29) is 16.9 Å². The van der Waals surface area contributed by atoms with Gasteiger partial charge in [0, 0.05) is 38.1 Å². The van der Waals surface area contributed by atoms with Gasteiger partial charge in [-0.15, -0.1) is 0 Å². The monoisotopic (exact) mass is 538 g/mol. The molecule has 3 heterocycles. The number of likely N-dealkylation sites (N-methyl/N-ethyl adjacent to an activating group) is 1. The van der Waals surface area contributed by atoms with Crippen molar-refractivity contribution in [1.29, 1.82) is 0 Å². The Morgan fingerprint density at radius 3 is 2.52 bits per heavy atom. The second kappa shape index (κ2) is 10.5. The van der Waals surface area contributed by atoms with Crippen molar-refractivity contribution in [1.82, 2.24) is 19.4 Å². The number of piperazine rings is 1. The molecule has 204 valence electrons. The molecule has 4 aromatic rings. The highest BCUT2D eigenvalue weighted by molar-refractivity contribution is 5.96. The Balaban J connectivity index is 1.27. The summed E-state index contributed by atoms with van der Waals surface area (Å²) in [6.07, 6.45) is 6.55. The Kier molecular flexibility index (Phi) is 6.77. The number of carbonyl (C=O) groups is 2. The van der Waals surface area contributed by atoms with Crippen molar-refractivity contribution in [2.24, 2.45) is 5.73 Å². The maximum atomic E-state index is 13.0. The van der Waals surface area contributed by atoms with Crippen LogP contribution in [0.1, 0.15) is 33.5 Å². The van der Waals surface area contributed by atoms with Crippen LogP contribution in [0.4, 0.5) is 11.6 Å². The number of aromatic nitrogens is 3. The third kappa shape index (κ3) is 5.05. The van der Waals surface area contributed by atoms with Crippen LogP contribution in [0.5, 0.6) is 0 Å². The number of hydrogen-bond acceptors (Lipinski definition) is 6. The predicted octanol–water partition coefficient (Wildman–Crippen LogP) is 1.85. The number of aryl methyl sites for hydroxylation is 2. The quantitative estimate of drug-likeness (QED) is 0.386. The minimum absolute atomic E-state index is 0.0920. The van der Waals surface area contributed by atoms with Gasteiger partial charge in [-0.2, -0.15) is 0 Å². The first kappa shape index (κ1) is 25.7. The smallest absolute Gasteiger partial charge is 0.365 e. The van der Waals surface area contributed by atoms with Gasteiger partial charge in [0.25, 0.3) is 5.91 Å². The van der Waals surface area contributed by atoms with E-state index in [9.17, 15) is 14.4 Å². The zero-order chi connectivity index (χ0) is 27.8. The Morgan fingerprint density at radius 2 is 1.77 bits per heavy atom. The molecule has 0 bridgehead atoms. The Hall–Kier alpha value is -4.57. The topological polar surface area (TPSA) is 128 Å². The third-order valence-corrected chi connectivity index (χ3v) is 7.84. The number of primary amides is 1. The molecule has 10 nitrogen and oxygen atoms in total. The number of anilines is 2. The molecule has 1 saturated heterocycles. The number of fused-ring (bicyclic) bond motifs is 2. The molecule has 2 aromatic carbocycles. The van der Waals surface area contributed by atoms with Crippen LogP contribution in [0.3, 0.4) is 0 Å². The van der Waals surface area contributed by atoms with E-state index in [4.69, 9.17) is 10.7 Å². The molecular formula is C30H32N7O3+. The fraction of sp³-hybridized carbons (Fsp3) is 0.300. The number of hydrogen-bond donors (Lipinski definition) is 2. The third-order valence-electron chi connectivity index (χ3n) is 7.84. The molecule has 1 aliphatic heterocycles. The molecule has 1 fully saturated rings. The molecule has 0 spiro atoms. The number of nitrogens with one attached hydrogen (secondary N) is 2. The Morgan fingerprint density at radius 1 is 1.02 bits per heavy atom. The minimum atomic E-state index is -0.782. The summed E-state index contributed by atoms with van der Waals surface area (Å²) in [5.41, 5.74) is 10.5. The molecule has 0 unspecified atom stereocenters.